The van der Waals surface area contributed by atoms with Gasteiger partial charge in [-0.15, -0.1) is 0 Å². The Morgan fingerprint density at radius 1 is 1.57 bits per heavy atom. The van der Waals surface area contributed by atoms with Crippen molar-refractivity contribution in [3.63, 3.8) is 0 Å². The van der Waals surface area contributed by atoms with Gasteiger partial charge in [0.2, 0.25) is 5.91 Å². The molecule has 0 aliphatic heterocycles. The zero-order valence-electron chi connectivity index (χ0n) is 8.75. The fraction of sp³-hybridized carbons (Fsp3) is 0.700. The minimum Gasteiger partial charge on any atom is -0.511 e. The average Bonchev–Trinajstić information content (AvgIpc) is 2.16. The molecule has 0 heterocycles. The Labute approximate surface area is 85.2 Å². The van der Waals surface area contributed by atoms with Crippen LogP contribution in [0.15, 0.2) is 12.3 Å². The van der Waals surface area contributed by atoms with Crippen molar-refractivity contribution >= 4 is 5.91 Å². The third kappa shape index (κ3) is 6.48. The first-order chi connectivity index (χ1) is 6.57. The van der Waals surface area contributed by atoms with Crippen molar-refractivity contribution in [2.75, 3.05) is 6.54 Å². The summed E-state index contributed by atoms with van der Waals surface area (Å²) in [5, 5.41) is 11.7. The maximum Gasteiger partial charge on any atom is 0.219 e. The number of rotatable bonds is 7. The van der Waals surface area contributed by atoms with Crippen molar-refractivity contribution < 1.29 is 9.90 Å². The van der Waals surface area contributed by atoms with E-state index in [1.54, 1.807) is 0 Å². The van der Waals surface area contributed by atoms with Gasteiger partial charge in [0.25, 0.3) is 0 Å². The summed E-state index contributed by atoms with van der Waals surface area (Å²) in [6.07, 6.45) is 2.99. The first kappa shape index (κ1) is 13.0. The predicted molar refractivity (Wildman–Crippen MR) is 56.9 cm³/mol. The highest BCUT2D eigenvalue weighted by molar-refractivity contribution is 5.75. The highest BCUT2D eigenvalue weighted by Gasteiger charge is 2.04. The van der Waals surface area contributed by atoms with Crippen molar-refractivity contribution in [2.24, 2.45) is 5.73 Å². The molecule has 0 aromatic rings. The third-order valence-corrected chi connectivity index (χ3v) is 2.01. The number of unbranched alkanes of at least 4 members (excludes halogenated alkanes) is 1. The molecule has 1 unspecified atom stereocenters. The van der Waals surface area contributed by atoms with Crippen LogP contribution in [0.5, 0.6) is 0 Å². The molecule has 4 N–H and O–H groups in total. The molecule has 4 heteroatoms. The number of carbonyl (C=O) groups excluding carboxylic acids is 1. The Morgan fingerprint density at radius 3 is 2.71 bits per heavy atom. The Hall–Kier alpha value is -1.03. The second-order valence-corrected chi connectivity index (χ2v) is 3.30. The van der Waals surface area contributed by atoms with E-state index in [4.69, 9.17) is 10.8 Å². The average molecular weight is 200 g/mol. The Morgan fingerprint density at radius 2 is 2.21 bits per heavy atom. The Bertz CT molecular complexity index is 193. The van der Waals surface area contributed by atoms with Gasteiger partial charge in [-0.25, -0.2) is 0 Å². The quantitative estimate of drug-likeness (QED) is 0.425. The van der Waals surface area contributed by atoms with E-state index in [-0.39, 0.29) is 17.7 Å². The molecule has 0 radical (unpaired) electrons. The predicted octanol–water partition coefficient (Wildman–Crippen LogP) is 1.08. The van der Waals surface area contributed by atoms with Crippen LogP contribution in [-0.4, -0.2) is 23.6 Å². The number of hydrogen-bond acceptors (Lipinski definition) is 3. The molecule has 0 aliphatic carbocycles. The lowest BCUT2D eigenvalue weighted by molar-refractivity contribution is -0.120. The van der Waals surface area contributed by atoms with Crippen LogP contribution < -0.4 is 11.1 Å². The van der Waals surface area contributed by atoms with Crippen LogP contribution in [-0.2, 0) is 4.79 Å². The summed E-state index contributed by atoms with van der Waals surface area (Å²) in [5.74, 6) is 0.100. The van der Waals surface area contributed by atoms with Crippen molar-refractivity contribution in [3.05, 3.63) is 12.3 Å². The molecule has 1 atom stereocenters. The van der Waals surface area contributed by atoms with Gasteiger partial charge in [0.05, 0.1) is 6.04 Å². The molecular weight excluding hydrogens is 180 g/mol. The summed E-state index contributed by atoms with van der Waals surface area (Å²) in [6.45, 7) is 5.85. The van der Waals surface area contributed by atoms with Gasteiger partial charge in [0.15, 0.2) is 0 Å². The van der Waals surface area contributed by atoms with E-state index in [1.165, 1.54) is 0 Å². The summed E-state index contributed by atoms with van der Waals surface area (Å²) in [6, 6.07) is -0.336. The van der Waals surface area contributed by atoms with Crippen LogP contribution in [0, 0.1) is 0 Å². The maximum absolute atomic E-state index is 10.8. The number of nitrogens with two attached hydrogens (primary N) is 1. The van der Waals surface area contributed by atoms with E-state index in [0.29, 0.717) is 19.4 Å². The normalized spacial score (nSPS) is 12.1. The molecule has 0 fully saturated rings. The van der Waals surface area contributed by atoms with Gasteiger partial charge in [0, 0.05) is 13.0 Å². The first-order valence-corrected chi connectivity index (χ1v) is 4.98. The van der Waals surface area contributed by atoms with Gasteiger partial charge in [-0.1, -0.05) is 13.5 Å². The molecule has 82 valence electrons. The topological polar surface area (TPSA) is 75.3 Å². The smallest absolute Gasteiger partial charge is 0.219 e. The second-order valence-electron chi connectivity index (χ2n) is 3.30. The number of aliphatic hydroxyl groups excluding tert-OH is 1. The summed E-state index contributed by atoms with van der Waals surface area (Å²) < 4.78 is 0. The molecule has 0 spiro atoms. The van der Waals surface area contributed by atoms with Crippen LogP contribution in [0.25, 0.3) is 0 Å². The number of nitrogens with one attached hydrogen (secondary N) is 1. The second kappa shape index (κ2) is 7.38. The van der Waals surface area contributed by atoms with Crippen molar-refractivity contribution in [2.45, 2.75) is 38.6 Å². The fourth-order valence-electron chi connectivity index (χ4n) is 1.01. The molecule has 1 amide bonds. The summed E-state index contributed by atoms with van der Waals surface area (Å²) >= 11 is 0. The van der Waals surface area contributed by atoms with Gasteiger partial charge >= 0.3 is 0 Å². The molecule has 0 bridgehead atoms. The lowest BCUT2D eigenvalue weighted by atomic mass is 10.1. The van der Waals surface area contributed by atoms with E-state index < -0.39 is 0 Å². The molecule has 0 aromatic carbocycles. The van der Waals surface area contributed by atoms with Gasteiger partial charge in [0.1, 0.15) is 5.76 Å². The van der Waals surface area contributed by atoms with Crippen molar-refractivity contribution in [1.29, 1.82) is 0 Å². The zero-order valence-corrected chi connectivity index (χ0v) is 8.75. The van der Waals surface area contributed by atoms with E-state index in [1.807, 2.05) is 6.92 Å². The van der Waals surface area contributed by atoms with Crippen molar-refractivity contribution in [3.8, 4) is 0 Å². The van der Waals surface area contributed by atoms with E-state index in [9.17, 15) is 4.79 Å². The largest absolute Gasteiger partial charge is 0.511 e. The molecular formula is C10H20N2O2. The number of hydrogen-bond donors (Lipinski definition) is 3. The molecule has 0 aromatic heterocycles. The van der Waals surface area contributed by atoms with E-state index >= 15 is 0 Å². The van der Waals surface area contributed by atoms with Crippen LogP contribution >= 0.6 is 0 Å². The van der Waals surface area contributed by atoms with Gasteiger partial charge in [-0.2, -0.15) is 0 Å². The van der Waals surface area contributed by atoms with E-state index in [2.05, 4.69) is 11.9 Å². The lowest BCUT2D eigenvalue weighted by Gasteiger charge is -2.09. The Kier molecular flexibility index (Phi) is 6.84. The molecule has 0 saturated heterocycles. The lowest BCUT2D eigenvalue weighted by Crippen LogP contribution is -2.25. The van der Waals surface area contributed by atoms with Gasteiger partial charge in [-0.05, 0) is 19.3 Å². The van der Waals surface area contributed by atoms with Crippen LogP contribution in [0.3, 0.4) is 0 Å². The SMILES string of the molecule is C=C(O)C(N)CCCCNC(=O)CC. The maximum atomic E-state index is 10.8. The summed E-state index contributed by atoms with van der Waals surface area (Å²) in [5.41, 5.74) is 5.55. The van der Waals surface area contributed by atoms with Crippen LogP contribution in [0.4, 0.5) is 0 Å². The standard InChI is InChI=1S/C10H20N2O2/c1-3-10(14)12-7-5-4-6-9(11)8(2)13/h9,13H,2-7,11H2,1H3,(H,12,14). The Balaban J connectivity index is 3.30. The van der Waals surface area contributed by atoms with Gasteiger partial charge in [-0.3, -0.25) is 4.79 Å². The van der Waals surface area contributed by atoms with E-state index in [0.717, 1.165) is 12.8 Å². The summed E-state index contributed by atoms with van der Waals surface area (Å²) in [4.78, 5) is 10.8. The van der Waals surface area contributed by atoms with Gasteiger partial charge < -0.3 is 16.2 Å². The zero-order chi connectivity index (χ0) is 11.0. The summed E-state index contributed by atoms with van der Waals surface area (Å²) in [7, 11) is 0. The number of amides is 1. The molecule has 0 aliphatic rings. The molecule has 0 saturated carbocycles. The van der Waals surface area contributed by atoms with Crippen molar-refractivity contribution in [1.82, 2.24) is 5.32 Å². The monoisotopic (exact) mass is 200 g/mol. The number of aliphatic hydroxyl groups is 1. The highest BCUT2D eigenvalue weighted by Crippen LogP contribution is 2.03. The van der Waals surface area contributed by atoms with Crippen LogP contribution in [0.1, 0.15) is 32.6 Å². The van der Waals surface area contributed by atoms with Crippen LogP contribution in [0.2, 0.25) is 0 Å². The molecule has 0 rings (SSSR count). The fourth-order valence-corrected chi connectivity index (χ4v) is 1.01. The molecule has 4 nitrogen and oxygen atoms in total. The first-order valence-electron chi connectivity index (χ1n) is 4.98. The highest BCUT2D eigenvalue weighted by atomic mass is 16.3. The number of carbonyl (C=O) groups is 1. The minimum atomic E-state index is -0.336. The minimum absolute atomic E-state index is 0.0302. The third-order valence-electron chi connectivity index (χ3n) is 2.01. The molecule has 14 heavy (non-hydrogen) atoms.